The van der Waals surface area contributed by atoms with E-state index in [0.29, 0.717) is 5.02 Å². The van der Waals surface area contributed by atoms with E-state index >= 15 is 0 Å². The lowest BCUT2D eigenvalue weighted by molar-refractivity contribution is 0.411. The zero-order valence-electron chi connectivity index (χ0n) is 12.1. The summed E-state index contributed by atoms with van der Waals surface area (Å²) < 4.78 is 5.35. The van der Waals surface area contributed by atoms with Gasteiger partial charge in [-0.05, 0) is 60.7 Å². The molecule has 0 aliphatic heterocycles. The molecule has 0 radical (unpaired) electrons. The lowest BCUT2D eigenvalue weighted by Gasteiger charge is -2.16. The largest absolute Gasteiger partial charge is 0.496 e. The highest BCUT2D eigenvalue weighted by Gasteiger charge is 2.16. The van der Waals surface area contributed by atoms with Gasteiger partial charge in [0.05, 0.1) is 12.5 Å². The van der Waals surface area contributed by atoms with Gasteiger partial charge in [0.15, 0.2) is 0 Å². The SMILES string of the molecule is COc1cc(C(Cl)c2cc(C)c(C)cc2Cl)ccc1C. The Kier molecular flexibility index (Phi) is 4.62. The van der Waals surface area contributed by atoms with Crippen LogP contribution in [0.1, 0.15) is 33.2 Å². The van der Waals surface area contributed by atoms with Gasteiger partial charge in [0, 0.05) is 5.02 Å². The van der Waals surface area contributed by atoms with Gasteiger partial charge in [-0.15, -0.1) is 11.6 Å². The average molecular weight is 309 g/mol. The van der Waals surface area contributed by atoms with Gasteiger partial charge in [0.2, 0.25) is 0 Å². The fourth-order valence-corrected chi connectivity index (χ4v) is 2.87. The first-order chi connectivity index (χ1) is 9.43. The maximum Gasteiger partial charge on any atom is 0.122 e. The van der Waals surface area contributed by atoms with Gasteiger partial charge < -0.3 is 4.74 Å². The summed E-state index contributed by atoms with van der Waals surface area (Å²) in [6.07, 6.45) is 0. The van der Waals surface area contributed by atoms with Crippen LogP contribution in [0.3, 0.4) is 0 Å². The molecule has 2 aromatic carbocycles. The zero-order valence-corrected chi connectivity index (χ0v) is 13.6. The van der Waals surface area contributed by atoms with Crippen LogP contribution in [-0.2, 0) is 0 Å². The molecular weight excluding hydrogens is 291 g/mol. The zero-order chi connectivity index (χ0) is 14.9. The number of aryl methyl sites for hydroxylation is 3. The summed E-state index contributed by atoms with van der Waals surface area (Å²) in [7, 11) is 1.67. The van der Waals surface area contributed by atoms with Crippen molar-refractivity contribution in [1.82, 2.24) is 0 Å². The third-order valence-corrected chi connectivity index (χ3v) is 4.43. The minimum absolute atomic E-state index is 0.281. The molecular formula is C17H18Cl2O. The van der Waals surface area contributed by atoms with E-state index in [-0.39, 0.29) is 5.38 Å². The van der Waals surface area contributed by atoms with Crippen molar-refractivity contribution < 1.29 is 4.74 Å². The monoisotopic (exact) mass is 308 g/mol. The van der Waals surface area contributed by atoms with Crippen molar-refractivity contribution in [3.05, 3.63) is 63.2 Å². The number of rotatable bonds is 3. The van der Waals surface area contributed by atoms with Gasteiger partial charge in [-0.3, -0.25) is 0 Å². The fraction of sp³-hybridized carbons (Fsp3) is 0.294. The molecule has 3 heteroatoms. The Bertz CT molecular complexity index is 635. The van der Waals surface area contributed by atoms with Crippen molar-refractivity contribution >= 4 is 23.2 Å². The molecule has 0 aromatic heterocycles. The first kappa shape index (κ1) is 15.2. The molecule has 1 atom stereocenters. The standard InChI is InChI=1S/C17H18Cl2O/c1-10-5-6-13(9-16(10)20-4)17(19)14-7-11(2)12(3)8-15(14)18/h5-9,17H,1-4H3. The Morgan fingerprint density at radius 2 is 1.60 bits per heavy atom. The van der Waals surface area contributed by atoms with E-state index in [1.54, 1.807) is 7.11 Å². The van der Waals surface area contributed by atoms with E-state index in [9.17, 15) is 0 Å². The number of benzene rings is 2. The van der Waals surface area contributed by atoms with E-state index < -0.39 is 0 Å². The summed E-state index contributed by atoms with van der Waals surface area (Å²) in [4.78, 5) is 0. The Balaban J connectivity index is 2.46. The predicted molar refractivity (Wildman–Crippen MR) is 86.4 cm³/mol. The second kappa shape index (κ2) is 6.07. The highest BCUT2D eigenvalue weighted by molar-refractivity contribution is 6.33. The van der Waals surface area contributed by atoms with Gasteiger partial charge in [0.25, 0.3) is 0 Å². The van der Waals surface area contributed by atoms with Crippen LogP contribution in [0.2, 0.25) is 5.02 Å². The van der Waals surface area contributed by atoms with E-state index in [2.05, 4.69) is 13.0 Å². The molecule has 2 rings (SSSR count). The topological polar surface area (TPSA) is 9.23 Å². The maximum absolute atomic E-state index is 6.60. The molecule has 0 N–H and O–H groups in total. The molecule has 2 aromatic rings. The summed E-state index contributed by atoms with van der Waals surface area (Å²) >= 11 is 12.9. The van der Waals surface area contributed by atoms with E-state index in [1.807, 2.05) is 38.1 Å². The molecule has 106 valence electrons. The number of hydrogen-bond donors (Lipinski definition) is 0. The van der Waals surface area contributed by atoms with E-state index in [0.717, 1.165) is 22.4 Å². The molecule has 0 bridgehead atoms. The van der Waals surface area contributed by atoms with Crippen molar-refractivity contribution in [2.75, 3.05) is 7.11 Å². The Morgan fingerprint density at radius 1 is 0.950 bits per heavy atom. The molecule has 0 saturated heterocycles. The quantitative estimate of drug-likeness (QED) is 0.670. The summed E-state index contributed by atoms with van der Waals surface area (Å²) in [5, 5.41) is 0.420. The average Bonchev–Trinajstić information content (AvgIpc) is 2.42. The number of alkyl halides is 1. The van der Waals surface area contributed by atoms with Crippen LogP contribution < -0.4 is 4.74 Å². The van der Waals surface area contributed by atoms with Crippen LogP contribution in [0, 0.1) is 20.8 Å². The molecule has 0 aliphatic carbocycles. The van der Waals surface area contributed by atoms with E-state index in [1.165, 1.54) is 11.1 Å². The molecule has 0 spiro atoms. The second-order valence-corrected chi connectivity index (χ2v) is 5.89. The van der Waals surface area contributed by atoms with Gasteiger partial charge in [-0.1, -0.05) is 29.8 Å². The Labute approximate surface area is 130 Å². The first-order valence-corrected chi connectivity index (χ1v) is 7.30. The van der Waals surface area contributed by atoms with Gasteiger partial charge in [0.1, 0.15) is 5.75 Å². The number of halogens is 2. The minimum Gasteiger partial charge on any atom is -0.496 e. The Morgan fingerprint density at radius 3 is 2.25 bits per heavy atom. The van der Waals surface area contributed by atoms with Crippen LogP contribution in [0.25, 0.3) is 0 Å². The van der Waals surface area contributed by atoms with Crippen LogP contribution in [0.15, 0.2) is 30.3 Å². The summed E-state index contributed by atoms with van der Waals surface area (Å²) in [5.74, 6) is 0.841. The lowest BCUT2D eigenvalue weighted by Crippen LogP contribution is -1.98. The smallest absolute Gasteiger partial charge is 0.122 e. The third-order valence-electron chi connectivity index (χ3n) is 3.61. The van der Waals surface area contributed by atoms with Crippen LogP contribution in [-0.4, -0.2) is 7.11 Å². The second-order valence-electron chi connectivity index (χ2n) is 5.05. The Hall–Kier alpha value is -1.18. The highest BCUT2D eigenvalue weighted by atomic mass is 35.5. The van der Waals surface area contributed by atoms with Crippen molar-refractivity contribution in [2.45, 2.75) is 26.1 Å². The minimum atomic E-state index is -0.281. The third kappa shape index (κ3) is 2.94. The summed E-state index contributed by atoms with van der Waals surface area (Å²) in [5.41, 5.74) is 5.37. The first-order valence-electron chi connectivity index (χ1n) is 6.49. The van der Waals surface area contributed by atoms with Crippen molar-refractivity contribution in [2.24, 2.45) is 0 Å². The molecule has 1 nitrogen and oxygen atoms in total. The van der Waals surface area contributed by atoms with Crippen molar-refractivity contribution in [3.8, 4) is 5.75 Å². The molecule has 0 amide bonds. The van der Waals surface area contributed by atoms with Gasteiger partial charge in [-0.25, -0.2) is 0 Å². The van der Waals surface area contributed by atoms with Gasteiger partial charge in [-0.2, -0.15) is 0 Å². The fourth-order valence-electron chi connectivity index (χ4n) is 2.17. The highest BCUT2D eigenvalue weighted by Crippen LogP contribution is 2.36. The van der Waals surface area contributed by atoms with Crippen LogP contribution in [0.5, 0.6) is 5.75 Å². The number of ether oxygens (including phenoxy) is 1. The number of methoxy groups -OCH3 is 1. The molecule has 0 saturated carbocycles. The maximum atomic E-state index is 6.60. The molecule has 20 heavy (non-hydrogen) atoms. The molecule has 0 aliphatic rings. The predicted octanol–water partition coefficient (Wildman–Crippen LogP) is 5.60. The van der Waals surface area contributed by atoms with Crippen LogP contribution >= 0.6 is 23.2 Å². The summed E-state index contributed by atoms with van der Waals surface area (Å²) in [6, 6.07) is 10.0. The van der Waals surface area contributed by atoms with Crippen molar-refractivity contribution in [1.29, 1.82) is 0 Å². The molecule has 1 unspecified atom stereocenters. The van der Waals surface area contributed by atoms with Crippen molar-refractivity contribution in [3.63, 3.8) is 0 Å². The van der Waals surface area contributed by atoms with Gasteiger partial charge >= 0.3 is 0 Å². The number of hydrogen-bond acceptors (Lipinski definition) is 1. The molecule has 0 heterocycles. The molecule has 0 fully saturated rings. The lowest BCUT2D eigenvalue weighted by atomic mass is 9.99. The summed E-state index contributed by atoms with van der Waals surface area (Å²) in [6.45, 7) is 6.12. The van der Waals surface area contributed by atoms with Crippen LogP contribution in [0.4, 0.5) is 0 Å². The normalized spacial score (nSPS) is 12.3. The van der Waals surface area contributed by atoms with E-state index in [4.69, 9.17) is 27.9 Å².